The van der Waals surface area contributed by atoms with Gasteiger partial charge in [0.15, 0.2) is 0 Å². The van der Waals surface area contributed by atoms with Gasteiger partial charge in [-0.3, -0.25) is 9.97 Å². The Kier molecular flexibility index (Phi) is 3.59. The summed E-state index contributed by atoms with van der Waals surface area (Å²) in [6.07, 6.45) is 5.13. The smallest absolute Gasteiger partial charge is 0.0806 e. The first-order valence-corrected chi connectivity index (χ1v) is 5.83. The zero-order valence-corrected chi connectivity index (χ0v) is 10.6. The Balaban J connectivity index is 2.16. The van der Waals surface area contributed by atoms with E-state index in [0.29, 0.717) is 0 Å². The second kappa shape index (κ2) is 5.15. The third-order valence-electron chi connectivity index (χ3n) is 2.59. The van der Waals surface area contributed by atoms with Gasteiger partial charge in [0, 0.05) is 23.1 Å². The van der Waals surface area contributed by atoms with E-state index in [9.17, 15) is 0 Å². The molecular weight excluding hydrogens is 234 g/mol. The van der Waals surface area contributed by atoms with Crippen molar-refractivity contribution in [2.75, 3.05) is 5.32 Å². The molecular formula is C13H14ClN3. The van der Waals surface area contributed by atoms with Crippen molar-refractivity contribution in [3.8, 4) is 0 Å². The van der Waals surface area contributed by atoms with E-state index in [4.69, 9.17) is 11.6 Å². The first-order chi connectivity index (χ1) is 8.16. The SMILES string of the molecule is Cc1cc(Cl)ccc1NC(C)c1cnccn1. The molecule has 0 saturated carbocycles. The van der Waals surface area contributed by atoms with E-state index in [1.54, 1.807) is 18.6 Å². The highest BCUT2D eigenvalue weighted by Gasteiger charge is 2.08. The number of aryl methyl sites for hydroxylation is 1. The molecule has 88 valence electrons. The first-order valence-electron chi connectivity index (χ1n) is 5.45. The Labute approximate surface area is 106 Å². The Morgan fingerprint density at radius 1 is 1.29 bits per heavy atom. The van der Waals surface area contributed by atoms with Crippen molar-refractivity contribution in [2.24, 2.45) is 0 Å². The summed E-state index contributed by atoms with van der Waals surface area (Å²) in [5, 5.41) is 4.14. The van der Waals surface area contributed by atoms with Crippen LogP contribution in [0.15, 0.2) is 36.8 Å². The van der Waals surface area contributed by atoms with Crippen molar-refractivity contribution in [2.45, 2.75) is 19.9 Å². The molecule has 0 saturated heterocycles. The highest BCUT2D eigenvalue weighted by Crippen LogP contribution is 2.23. The van der Waals surface area contributed by atoms with Gasteiger partial charge in [0.25, 0.3) is 0 Å². The molecule has 0 aliphatic rings. The van der Waals surface area contributed by atoms with Crippen molar-refractivity contribution < 1.29 is 0 Å². The summed E-state index contributed by atoms with van der Waals surface area (Å²) < 4.78 is 0. The third kappa shape index (κ3) is 2.94. The monoisotopic (exact) mass is 247 g/mol. The number of hydrogen-bond acceptors (Lipinski definition) is 3. The van der Waals surface area contributed by atoms with E-state index in [-0.39, 0.29) is 6.04 Å². The van der Waals surface area contributed by atoms with E-state index >= 15 is 0 Å². The zero-order chi connectivity index (χ0) is 12.3. The zero-order valence-electron chi connectivity index (χ0n) is 9.81. The minimum Gasteiger partial charge on any atom is -0.377 e. The molecule has 0 bridgehead atoms. The summed E-state index contributed by atoms with van der Waals surface area (Å²) >= 11 is 5.92. The standard InChI is InChI=1S/C13H14ClN3/c1-9-7-11(14)3-4-12(9)17-10(2)13-8-15-5-6-16-13/h3-8,10,17H,1-2H3. The summed E-state index contributed by atoms with van der Waals surface area (Å²) in [5.74, 6) is 0. The lowest BCUT2D eigenvalue weighted by Crippen LogP contribution is -2.09. The van der Waals surface area contributed by atoms with Crippen molar-refractivity contribution in [3.63, 3.8) is 0 Å². The normalized spacial score (nSPS) is 12.2. The maximum absolute atomic E-state index is 5.92. The van der Waals surface area contributed by atoms with Crippen LogP contribution in [0.3, 0.4) is 0 Å². The minimum absolute atomic E-state index is 0.114. The highest BCUT2D eigenvalue weighted by molar-refractivity contribution is 6.30. The minimum atomic E-state index is 0.114. The summed E-state index contributed by atoms with van der Waals surface area (Å²) in [4.78, 5) is 8.33. The lowest BCUT2D eigenvalue weighted by atomic mass is 10.1. The predicted molar refractivity (Wildman–Crippen MR) is 70.3 cm³/mol. The van der Waals surface area contributed by atoms with Gasteiger partial charge in [-0.15, -0.1) is 0 Å². The molecule has 0 amide bonds. The molecule has 17 heavy (non-hydrogen) atoms. The van der Waals surface area contributed by atoms with Crippen LogP contribution in [0.1, 0.15) is 24.2 Å². The maximum Gasteiger partial charge on any atom is 0.0806 e. The van der Waals surface area contributed by atoms with E-state index < -0.39 is 0 Å². The molecule has 0 fully saturated rings. The molecule has 0 radical (unpaired) electrons. The molecule has 0 spiro atoms. The van der Waals surface area contributed by atoms with Gasteiger partial charge in [-0.1, -0.05) is 11.6 Å². The summed E-state index contributed by atoms with van der Waals surface area (Å²) in [5.41, 5.74) is 3.10. The maximum atomic E-state index is 5.92. The molecule has 2 aromatic rings. The lowest BCUT2D eigenvalue weighted by molar-refractivity contribution is 0.826. The largest absolute Gasteiger partial charge is 0.377 e. The summed E-state index contributed by atoms with van der Waals surface area (Å²) in [7, 11) is 0. The second-order valence-electron chi connectivity index (χ2n) is 3.96. The fraction of sp³-hybridized carbons (Fsp3) is 0.231. The van der Waals surface area contributed by atoms with Gasteiger partial charge in [-0.25, -0.2) is 0 Å². The molecule has 1 aromatic carbocycles. The van der Waals surface area contributed by atoms with Crippen LogP contribution in [-0.2, 0) is 0 Å². The average molecular weight is 248 g/mol. The molecule has 4 heteroatoms. The van der Waals surface area contributed by atoms with Gasteiger partial charge < -0.3 is 5.32 Å². The van der Waals surface area contributed by atoms with E-state index in [1.165, 1.54) is 0 Å². The lowest BCUT2D eigenvalue weighted by Gasteiger charge is -2.16. The highest BCUT2D eigenvalue weighted by atomic mass is 35.5. The Hall–Kier alpha value is -1.61. The van der Waals surface area contributed by atoms with Crippen LogP contribution in [0.2, 0.25) is 5.02 Å². The van der Waals surface area contributed by atoms with Crippen LogP contribution in [0.25, 0.3) is 0 Å². The molecule has 1 unspecified atom stereocenters. The number of benzene rings is 1. The van der Waals surface area contributed by atoms with Gasteiger partial charge in [0.05, 0.1) is 17.9 Å². The van der Waals surface area contributed by atoms with Crippen molar-refractivity contribution in [1.29, 1.82) is 0 Å². The molecule has 1 N–H and O–H groups in total. The molecule has 0 aliphatic carbocycles. The van der Waals surface area contributed by atoms with Crippen LogP contribution in [0.4, 0.5) is 5.69 Å². The van der Waals surface area contributed by atoms with Gasteiger partial charge in [-0.05, 0) is 37.6 Å². The number of rotatable bonds is 3. The van der Waals surface area contributed by atoms with Crippen LogP contribution in [0.5, 0.6) is 0 Å². The van der Waals surface area contributed by atoms with Gasteiger partial charge >= 0.3 is 0 Å². The van der Waals surface area contributed by atoms with Crippen LogP contribution < -0.4 is 5.32 Å². The van der Waals surface area contributed by atoms with E-state index in [1.807, 2.05) is 25.1 Å². The number of anilines is 1. The number of halogens is 1. The quantitative estimate of drug-likeness (QED) is 0.900. The summed E-state index contributed by atoms with van der Waals surface area (Å²) in [6.45, 7) is 4.08. The number of nitrogens with zero attached hydrogens (tertiary/aromatic N) is 2. The van der Waals surface area contributed by atoms with E-state index in [2.05, 4.69) is 22.2 Å². The average Bonchev–Trinajstić information content (AvgIpc) is 2.34. The Bertz CT molecular complexity index is 499. The van der Waals surface area contributed by atoms with Gasteiger partial charge in [0.2, 0.25) is 0 Å². The van der Waals surface area contributed by atoms with Crippen LogP contribution in [-0.4, -0.2) is 9.97 Å². The van der Waals surface area contributed by atoms with Crippen molar-refractivity contribution in [3.05, 3.63) is 53.1 Å². The predicted octanol–water partition coefficient (Wildman–Crippen LogP) is 3.61. The number of nitrogens with one attached hydrogen (secondary N) is 1. The second-order valence-corrected chi connectivity index (χ2v) is 4.39. The summed E-state index contributed by atoms with van der Waals surface area (Å²) in [6, 6.07) is 5.90. The third-order valence-corrected chi connectivity index (χ3v) is 2.82. The Morgan fingerprint density at radius 3 is 2.76 bits per heavy atom. The molecule has 2 rings (SSSR count). The van der Waals surface area contributed by atoms with Crippen molar-refractivity contribution >= 4 is 17.3 Å². The van der Waals surface area contributed by atoms with Gasteiger partial charge in [0.1, 0.15) is 0 Å². The number of hydrogen-bond donors (Lipinski definition) is 1. The molecule has 0 aliphatic heterocycles. The van der Waals surface area contributed by atoms with E-state index in [0.717, 1.165) is 22.0 Å². The molecule has 3 nitrogen and oxygen atoms in total. The first kappa shape index (κ1) is 11.9. The van der Waals surface area contributed by atoms with Crippen LogP contribution in [0, 0.1) is 6.92 Å². The number of aromatic nitrogens is 2. The molecule has 1 heterocycles. The molecule has 1 aromatic heterocycles. The van der Waals surface area contributed by atoms with Crippen LogP contribution >= 0.6 is 11.6 Å². The topological polar surface area (TPSA) is 37.8 Å². The van der Waals surface area contributed by atoms with Gasteiger partial charge in [-0.2, -0.15) is 0 Å². The Morgan fingerprint density at radius 2 is 2.12 bits per heavy atom. The fourth-order valence-electron chi connectivity index (χ4n) is 1.63. The van der Waals surface area contributed by atoms with Crippen molar-refractivity contribution in [1.82, 2.24) is 9.97 Å². The fourth-order valence-corrected chi connectivity index (χ4v) is 1.86. The molecule has 1 atom stereocenters.